The van der Waals surface area contributed by atoms with E-state index in [1.807, 2.05) is 13.8 Å². The van der Waals surface area contributed by atoms with E-state index in [1.54, 1.807) is 0 Å². The molecule has 0 heteroatoms. The highest BCUT2D eigenvalue weighted by Crippen LogP contribution is 2.07. The Morgan fingerprint density at radius 2 is 1.67 bits per heavy atom. The van der Waals surface area contributed by atoms with Crippen molar-refractivity contribution in [3.8, 4) is 0 Å². The maximum absolute atomic E-state index is 2.29. The SMILES string of the molecule is CC.CC/C=C/C(C)/C=C(/C)C=C(C)C. The van der Waals surface area contributed by atoms with Crippen LogP contribution in [0.25, 0.3) is 0 Å². The lowest BCUT2D eigenvalue weighted by Crippen LogP contribution is -1.84. The summed E-state index contributed by atoms with van der Waals surface area (Å²) in [4.78, 5) is 0. The average molecular weight is 208 g/mol. The Bertz CT molecular complexity index is 212. The van der Waals surface area contributed by atoms with Crippen LogP contribution in [0.3, 0.4) is 0 Å². The molecule has 0 spiro atoms. The van der Waals surface area contributed by atoms with Crippen molar-refractivity contribution in [2.45, 2.75) is 54.9 Å². The number of hydrogen-bond donors (Lipinski definition) is 0. The maximum Gasteiger partial charge on any atom is -0.00762 e. The second-order valence-electron chi connectivity index (χ2n) is 3.83. The third-order valence-corrected chi connectivity index (χ3v) is 1.72. The van der Waals surface area contributed by atoms with Gasteiger partial charge in [0.1, 0.15) is 0 Å². The molecular weight excluding hydrogens is 180 g/mol. The number of allylic oxidation sites excluding steroid dienone is 6. The number of hydrogen-bond acceptors (Lipinski definition) is 0. The maximum atomic E-state index is 2.29. The molecule has 0 heterocycles. The minimum atomic E-state index is 0.551. The third kappa shape index (κ3) is 13.2. The van der Waals surface area contributed by atoms with Crippen molar-refractivity contribution in [3.05, 3.63) is 35.5 Å². The highest BCUT2D eigenvalue weighted by atomic mass is 14.0. The summed E-state index contributed by atoms with van der Waals surface area (Å²) in [6.07, 6.45) is 10.1. The molecule has 0 aromatic heterocycles. The van der Waals surface area contributed by atoms with Crippen LogP contribution in [0.2, 0.25) is 0 Å². The van der Waals surface area contributed by atoms with E-state index in [9.17, 15) is 0 Å². The van der Waals surface area contributed by atoms with Crippen LogP contribution in [0.4, 0.5) is 0 Å². The molecule has 0 saturated heterocycles. The standard InChI is InChI=1S/C13H22.C2H6/c1-6-7-8-12(4)10-13(5)9-11(2)3;1-2/h7-10,12H,6H2,1-5H3;1-2H3/b8-7+,13-10-;. The van der Waals surface area contributed by atoms with Gasteiger partial charge in [0.25, 0.3) is 0 Å². The van der Waals surface area contributed by atoms with Crippen LogP contribution in [0, 0.1) is 5.92 Å². The largest absolute Gasteiger partial charge is 0.0882 e. The van der Waals surface area contributed by atoms with Crippen LogP contribution in [0.5, 0.6) is 0 Å². The normalized spacial score (nSPS) is 13.1. The molecular formula is C15H28. The zero-order valence-corrected chi connectivity index (χ0v) is 11.6. The van der Waals surface area contributed by atoms with E-state index in [0.717, 1.165) is 6.42 Å². The van der Waals surface area contributed by atoms with Crippen molar-refractivity contribution < 1.29 is 0 Å². The summed E-state index contributed by atoms with van der Waals surface area (Å²) >= 11 is 0. The van der Waals surface area contributed by atoms with Crippen LogP contribution < -0.4 is 0 Å². The average Bonchev–Trinajstić information content (AvgIpc) is 2.16. The zero-order chi connectivity index (χ0) is 12.3. The Morgan fingerprint density at radius 3 is 2.07 bits per heavy atom. The van der Waals surface area contributed by atoms with E-state index < -0.39 is 0 Å². The summed E-state index contributed by atoms with van der Waals surface area (Å²) in [5.74, 6) is 0.551. The molecule has 1 unspecified atom stereocenters. The predicted octanol–water partition coefficient (Wildman–Crippen LogP) is 5.53. The Balaban J connectivity index is 0. The van der Waals surface area contributed by atoms with Gasteiger partial charge in [0, 0.05) is 0 Å². The van der Waals surface area contributed by atoms with Gasteiger partial charge in [-0.3, -0.25) is 0 Å². The molecule has 0 aliphatic carbocycles. The third-order valence-electron chi connectivity index (χ3n) is 1.72. The van der Waals surface area contributed by atoms with Gasteiger partial charge >= 0.3 is 0 Å². The second-order valence-corrected chi connectivity index (χ2v) is 3.83. The molecule has 0 fully saturated rings. The first-order valence-electron chi connectivity index (χ1n) is 6.06. The minimum absolute atomic E-state index is 0.551. The first-order valence-corrected chi connectivity index (χ1v) is 6.06. The smallest absolute Gasteiger partial charge is 0.00762 e. The van der Waals surface area contributed by atoms with Gasteiger partial charge < -0.3 is 0 Å². The summed E-state index contributed by atoms with van der Waals surface area (Å²) in [5, 5.41) is 0. The molecule has 0 nitrogen and oxygen atoms in total. The summed E-state index contributed by atoms with van der Waals surface area (Å²) in [6, 6.07) is 0. The lowest BCUT2D eigenvalue weighted by atomic mass is 10.1. The van der Waals surface area contributed by atoms with Crippen molar-refractivity contribution in [3.63, 3.8) is 0 Å². The molecule has 0 radical (unpaired) electrons. The highest BCUT2D eigenvalue weighted by molar-refractivity contribution is 5.21. The summed E-state index contributed by atoms with van der Waals surface area (Å²) < 4.78 is 0. The lowest BCUT2D eigenvalue weighted by Gasteiger charge is -2.00. The fourth-order valence-corrected chi connectivity index (χ4v) is 1.32. The molecule has 0 amide bonds. The Morgan fingerprint density at radius 1 is 1.13 bits per heavy atom. The van der Waals surface area contributed by atoms with Crippen LogP contribution >= 0.6 is 0 Å². The molecule has 0 aliphatic rings. The second kappa shape index (κ2) is 11.3. The van der Waals surface area contributed by atoms with E-state index in [0.29, 0.717) is 5.92 Å². The molecule has 1 atom stereocenters. The quantitative estimate of drug-likeness (QED) is 0.421. The fraction of sp³-hybridized carbons (Fsp3) is 0.600. The fourth-order valence-electron chi connectivity index (χ4n) is 1.32. The first-order chi connectivity index (χ1) is 7.06. The predicted molar refractivity (Wildman–Crippen MR) is 73.1 cm³/mol. The van der Waals surface area contributed by atoms with Crippen molar-refractivity contribution in [2.75, 3.05) is 0 Å². The van der Waals surface area contributed by atoms with E-state index in [-0.39, 0.29) is 0 Å². The van der Waals surface area contributed by atoms with Gasteiger partial charge in [-0.15, -0.1) is 0 Å². The Kier molecular flexibility index (Phi) is 12.5. The van der Waals surface area contributed by atoms with Gasteiger partial charge in [-0.05, 0) is 33.1 Å². The van der Waals surface area contributed by atoms with Gasteiger partial charge in [0.05, 0.1) is 0 Å². The molecule has 0 rings (SSSR count). The highest BCUT2D eigenvalue weighted by Gasteiger charge is 1.91. The molecule has 0 N–H and O–H groups in total. The van der Waals surface area contributed by atoms with Crippen molar-refractivity contribution >= 4 is 0 Å². The van der Waals surface area contributed by atoms with E-state index >= 15 is 0 Å². The van der Waals surface area contributed by atoms with E-state index in [1.165, 1.54) is 11.1 Å². The van der Waals surface area contributed by atoms with Crippen molar-refractivity contribution in [1.82, 2.24) is 0 Å². The van der Waals surface area contributed by atoms with Crippen LogP contribution in [-0.4, -0.2) is 0 Å². The molecule has 0 aromatic rings. The Hall–Kier alpha value is -0.780. The summed E-state index contributed by atoms with van der Waals surface area (Å²) in [7, 11) is 0. The minimum Gasteiger partial charge on any atom is -0.0882 e. The van der Waals surface area contributed by atoms with Crippen molar-refractivity contribution in [1.29, 1.82) is 0 Å². The van der Waals surface area contributed by atoms with Gasteiger partial charge in [-0.1, -0.05) is 63.1 Å². The molecule has 0 bridgehead atoms. The zero-order valence-electron chi connectivity index (χ0n) is 11.6. The van der Waals surface area contributed by atoms with Gasteiger partial charge in [0.2, 0.25) is 0 Å². The van der Waals surface area contributed by atoms with E-state index in [4.69, 9.17) is 0 Å². The molecule has 0 aliphatic heterocycles. The van der Waals surface area contributed by atoms with Gasteiger partial charge in [-0.2, -0.15) is 0 Å². The van der Waals surface area contributed by atoms with Gasteiger partial charge in [0.15, 0.2) is 0 Å². The van der Waals surface area contributed by atoms with Gasteiger partial charge in [-0.25, -0.2) is 0 Å². The molecule has 0 saturated carbocycles. The van der Waals surface area contributed by atoms with Crippen LogP contribution in [-0.2, 0) is 0 Å². The van der Waals surface area contributed by atoms with Crippen LogP contribution in [0.15, 0.2) is 35.5 Å². The van der Waals surface area contributed by atoms with Crippen LogP contribution in [0.1, 0.15) is 54.9 Å². The summed E-state index contributed by atoms with van der Waals surface area (Å²) in [6.45, 7) is 14.8. The van der Waals surface area contributed by atoms with Crippen molar-refractivity contribution in [2.24, 2.45) is 5.92 Å². The topological polar surface area (TPSA) is 0 Å². The molecule has 88 valence electrons. The molecule has 15 heavy (non-hydrogen) atoms. The summed E-state index contributed by atoms with van der Waals surface area (Å²) in [5.41, 5.74) is 2.72. The molecule has 0 aromatic carbocycles. The monoisotopic (exact) mass is 208 g/mol. The van der Waals surface area contributed by atoms with E-state index in [2.05, 4.69) is 58.9 Å². The Labute approximate surface area is 96.8 Å². The lowest BCUT2D eigenvalue weighted by molar-refractivity contribution is 0.920. The number of rotatable bonds is 4. The first kappa shape index (κ1) is 16.6.